The number of hydrogen-bond donors (Lipinski definition) is 1. The number of aromatic nitrogens is 4. The van der Waals surface area contributed by atoms with E-state index < -0.39 is 5.25 Å². The molecule has 0 saturated heterocycles. The summed E-state index contributed by atoms with van der Waals surface area (Å²) in [6.45, 7) is 5.89. The van der Waals surface area contributed by atoms with E-state index in [1.165, 1.54) is 28.0 Å². The molecule has 1 unspecified atom stereocenters. The third-order valence-corrected chi connectivity index (χ3v) is 7.50. The van der Waals surface area contributed by atoms with Gasteiger partial charge in [0.25, 0.3) is 0 Å². The number of benzene rings is 1. The smallest absolute Gasteiger partial charge is 0.341 e. The van der Waals surface area contributed by atoms with Gasteiger partial charge >= 0.3 is 5.97 Å². The van der Waals surface area contributed by atoms with E-state index in [-0.39, 0.29) is 11.9 Å². The Morgan fingerprint density at radius 2 is 2.00 bits per heavy atom. The van der Waals surface area contributed by atoms with E-state index in [9.17, 15) is 9.59 Å². The molecular weight excluding hydrogens is 446 g/mol. The monoisotopic (exact) mass is 471 g/mol. The Bertz CT molecular complexity index is 1120. The standard InChI is InChI=1S/C22H25N5O3S2/c1-4-30-21(29)18-16-7-5-6-8-17(16)32-20(18)23-19(28)14(3)31-22-24-25-26-27(22)15-11-9-13(2)10-12-15/h9-12,14H,4-8H2,1-3H3,(H,23,28). The number of nitrogens with one attached hydrogen (secondary N) is 1. The van der Waals surface area contributed by atoms with Gasteiger partial charge in [-0.15, -0.1) is 16.4 Å². The third-order valence-electron chi connectivity index (χ3n) is 5.26. The molecule has 2 aromatic heterocycles. The number of hydrogen-bond acceptors (Lipinski definition) is 8. The highest BCUT2D eigenvalue weighted by Gasteiger charge is 2.28. The molecule has 168 valence electrons. The highest BCUT2D eigenvalue weighted by atomic mass is 32.2. The first-order chi connectivity index (χ1) is 15.5. The number of ether oxygens (including phenoxy) is 1. The van der Waals surface area contributed by atoms with Gasteiger partial charge in [-0.05, 0) is 74.6 Å². The van der Waals surface area contributed by atoms with Crippen LogP contribution in [0.15, 0.2) is 29.4 Å². The minimum atomic E-state index is -0.473. The van der Waals surface area contributed by atoms with Gasteiger partial charge in [-0.2, -0.15) is 4.68 Å². The van der Waals surface area contributed by atoms with Crippen LogP contribution in [0, 0.1) is 6.92 Å². The van der Waals surface area contributed by atoms with E-state index in [0.29, 0.717) is 22.3 Å². The molecule has 8 nitrogen and oxygen atoms in total. The maximum Gasteiger partial charge on any atom is 0.341 e. The van der Waals surface area contributed by atoms with Crippen LogP contribution in [0.3, 0.4) is 0 Å². The van der Waals surface area contributed by atoms with Gasteiger partial charge in [0, 0.05) is 4.88 Å². The summed E-state index contributed by atoms with van der Waals surface area (Å²) in [5.74, 6) is -0.580. The third kappa shape index (κ3) is 4.71. The van der Waals surface area contributed by atoms with Crippen LogP contribution in [0.25, 0.3) is 5.69 Å². The first kappa shape index (κ1) is 22.5. The predicted molar refractivity (Wildman–Crippen MR) is 125 cm³/mol. The van der Waals surface area contributed by atoms with Crippen molar-refractivity contribution < 1.29 is 14.3 Å². The summed E-state index contributed by atoms with van der Waals surface area (Å²) in [6.07, 6.45) is 3.90. The van der Waals surface area contributed by atoms with Crippen LogP contribution in [0.2, 0.25) is 0 Å². The minimum Gasteiger partial charge on any atom is -0.462 e. The van der Waals surface area contributed by atoms with Gasteiger partial charge in [0.2, 0.25) is 11.1 Å². The molecule has 10 heteroatoms. The summed E-state index contributed by atoms with van der Waals surface area (Å²) in [5, 5.41) is 15.5. The zero-order chi connectivity index (χ0) is 22.7. The second kappa shape index (κ2) is 9.83. The first-order valence-corrected chi connectivity index (χ1v) is 12.3. The maximum atomic E-state index is 13.0. The fraction of sp³-hybridized carbons (Fsp3) is 0.409. The Kier molecular flexibility index (Phi) is 6.90. The van der Waals surface area contributed by atoms with Gasteiger partial charge in [-0.25, -0.2) is 4.79 Å². The average molecular weight is 472 g/mol. The summed E-state index contributed by atoms with van der Waals surface area (Å²) >= 11 is 2.75. The number of carbonyl (C=O) groups is 2. The fourth-order valence-electron chi connectivity index (χ4n) is 3.60. The first-order valence-electron chi connectivity index (χ1n) is 10.6. The van der Waals surface area contributed by atoms with E-state index in [2.05, 4.69) is 20.8 Å². The minimum absolute atomic E-state index is 0.211. The van der Waals surface area contributed by atoms with E-state index in [1.807, 2.05) is 31.2 Å². The quantitative estimate of drug-likeness (QED) is 0.407. The highest BCUT2D eigenvalue weighted by molar-refractivity contribution is 8.00. The number of rotatable bonds is 7. The number of amides is 1. The molecule has 1 aliphatic rings. The van der Waals surface area contributed by atoms with Crippen LogP contribution < -0.4 is 5.32 Å². The molecule has 32 heavy (non-hydrogen) atoms. The van der Waals surface area contributed by atoms with Crippen LogP contribution in [0.4, 0.5) is 5.00 Å². The Labute approximate surface area is 194 Å². The predicted octanol–water partition coefficient (Wildman–Crippen LogP) is 4.21. The van der Waals surface area contributed by atoms with Crippen molar-refractivity contribution in [1.29, 1.82) is 0 Å². The Balaban J connectivity index is 1.52. The SMILES string of the molecule is CCOC(=O)c1c(NC(=O)C(C)Sc2nnnn2-c2ccc(C)cc2)sc2c1CCCC2. The number of thiophene rings is 1. The molecule has 0 saturated carbocycles. The lowest BCUT2D eigenvalue weighted by molar-refractivity contribution is -0.115. The van der Waals surface area contributed by atoms with Crippen molar-refractivity contribution in [3.8, 4) is 5.69 Å². The highest BCUT2D eigenvalue weighted by Crippen LogP contribution is 2.39. The van der Waals surface area contributed by atoms with Crippen molar-refractivity contribution >= 4 is 40.0 Å². The van der Waals surface area contributed by atoms with Crippen LogP contribution >= 0.6 is 23.1 Å². The van der Waals surface area contributed by atoms with E-state index in [4.69, 9.17) is 4.74 Å². The lowest BCUT2D eigenvalue weighted by Crippen LogP contribution is -2.24. The molecule has 4 rings (SSSR count). The number of carbonyl (C=O) groups excluding carboxylic acids is 2. The van der Waals surface area contributed by atoms with Gasteiger partial charge in [0.05, 0.1) is 23.1 Å². The molecule has 0 spiro atoms. The maximum absolute atomic E-state index is 13.0. The number of aryl methyl sites for hydroxylation is 2. The molecule has 0 fully saturated rings. The second-order valence-electron chi connectivity index (χ2n) is 7.59. The molecule has 1 aliphatic carbocycles. The van der Waals surface area contributed by atoms with Crippen LogP contribution in [-0.4, -0.2) is 43.9 Å². The molecule has 0 bridgehead atoms. The summed E-state index contributed by atoms with van der Waals surface area (Å²) in [7, 11) is 0. The van der Waals surface area contributed by atoms with Gasteiger partial charge in [0.15, 0.2) is 0 Å². The van der Waals surface area contributed by atoms with Crippen molar-refractivity contribution in [2.24, 2.45) is 0 Å². The lowest BCUT2D eigenvalue weighted by Gasteiger charge is -2.13. The van der Waals surface area contributed by atoms with Crippen LogP contribution in [0.1, 0.15) is 53.1 Å². The number of tetrazole rings is 1. The zero-order valence-corrected chi connectivity index (χ0v) is 19.9. The lowest BCUT2D eigenvalue weighted by atomic mass is 9.95. The summed E-state index contributed by atoms with van der Waals surface area (Å²) in [6, 6.07) is 7.83. The van der Waals surface area contributed by atoms with Crippen molar-refractivity contribution in [2.75, 3.05) is 11.9 Å². The van der Waals surface area contributed by atoms with E-state index in [1.54, 1.807) is 18.5 Å². The number of nitrogens with zero attached hydrogens (tertiary/aromatic N) is 4. The topological polar surface area (TPSA) is 99.0 Å². The Morgan fingerprint density at radius 1 is 1.25 bits per heavy atom. The summed E-state index contributed by atoms with van der Waals surface area (Å²) in [5.41, 5.74) is 3.51. The van der Waals surface area contributed by atoms with Crippen molar-refractivity contribution in [3.05, 3.63) is 45.8 Å². The molecule has 1 amide bonds. The zero-order valence-electron chi connectivity index (χ0n) is 18.3. The molecular formula is C22H25N5O3S2. The van der Waals surface area contributed by atoms with Gasteiger partial charge in [-0.1, -0.05) is 29.5 Å². The van der Waals surface area contributed by atoms with Crippen LogP contribution in [0.5, 0.6) is 0 Å². The average Bonchev–Trinajstić information content (AvgIpc) is 3.38. The van der Waals surface area contributed by atoms with Gasteiger partial charge in [-0.3, -0.25) is 4.79 Å². The fourth-order valence-corrected chi connectivity index (χ4v) is 5.69. The Hall–Kier alpha value is -2.72. The van der Waals surface area contributed by atoms with Crippen molar-refractivity contribution in [3.63, 3.8) is 0 Å². The number of esters is 1. The number of fused-ring (bicyclic) bond motifs is 1. The Morgan fingerprint density at radius 3 is 2.75 bits per heavy atom. The second-order valence-corrected chi connectivity index (χ2v) is 10.0. The van der Waals surface area contributed by atoms with Gasteiger partial charge in [0.1, 0.15) is 5.00 Å². The molecule has 0 aliphatic heterocycles. The molecule has 0 radical (unpaired) electrons. The molecule has 1 N–H and O–H groups in total. The normalized spacial score (nSPS) is 14.0. The molecule has 1 aromatic carbocycles. The number of anilines is 1. The largest absolute Gasteiger partial charge is 0.462 e. The number of thioether (sulfide) groups is 1. The van der Waals surface area contributed by atoms with E-state index in [0.717, 1.165) is 42.5 Å². The van der Waals surface area contributed by atoms with Crippen molar-refractivity contribution in [1.82, 2.24) is 20.2 Å². The molecule has 2 heterocycles. The van der Waals surface area contributed by atoms with Crippen molar-refractivity contribution in [2.45, 2.75) is 56.9 Å². The summed E-state index contributed by atoms with van der Waals surface area (Å²) in [4.78, 5) is 26.8. The molecule has 3 aromatic rings. The van der Waals surface area contributed by atoms with Crippen LogP contribution in [-0.2, 0) is 22.4 Å². The van der Waals surface area contributed by atoms with Gasteiger partial charge < -0.3 is 10.1 Å². The summed E-state index contributed by atoms with van der Waals surface area (Å²) < 4.78 is 6.89. The van der Waals surface area contributed by atoms with E-state index >= 15 is 0 Å². The molecule has 1 atom stereocenters.